The summed E-state index contributed by atoms with van der Waals surface area (Å²) >= 11 is 0. The minimum atomic E-state index is 0.130. The van der Waals surface area contributed by atoms with Crippen molar-refractivity contribution in [2.24, 2.45) is 0 Å². The maximum atomic E-state index is 5.56. The van der Waals surface area contributed by atoms with Crippen LogP contribution in [-0.2, 0) is 4.74 Å². The third-order valence-corrected chi connectivity index (χ3v) is 4.32. The van der Waals surface area contributed by atoms with Crippen LogP contribution in [0.1, 0.15) is 43.5 Å². The number of fused-ring (bicyclic) bond motifs is 1. The third-order valence-electron chi connectivity index (χ3n) is 4.32. The van der Waals surface area contributed by atoms with Gasteiger partial charge in [-0.15, -0.1) is 0 Å². The van der Waals surface area contributed by atoms with Crippen molar-refractivity contribution in [3.05, 3.63) is 17.6 Å². The zero-order valence-corrected chi connectivity index (χ0v) is 11.9. The molecule has 5 nitrogen and oxygen atoms in total. The average molecular weight is 262 g/mol. The molecule has 1 fully saturated rings. The van der Waals surface area contributed by atoms with Gasteiger partial charge in [-0.05, 0) is 19.3 Å². The number of nitrogens with zero attached hydrogens (tertiary/aromatic N) is 3. The Kier molecular flexibility index (Phi) is 3.41. The van der Waals surface area contributed by atoms with Gasteiger partial charge in [0.05, 0.1) is 5.69 Å². The van der Waals surface area contributed by atoms with Gasteiger partial charge in [0.25, 0.3) is 0 Å². The third kappa shape index (κ3) is 2.11. The topological polar surface area (TPSA) is 50.3 Å². The fourth-order valence-corrected chi connectivity index (χ4v) is 3.27. The highest BCUT2D eigenvalue weighted by Crippen LogP contribution is 2.44. The van der Waals surface area contributed by atoms with Crippen molar-refractivity contribution in [1.82, 2.24) is 15.3 Å². The van der Waals surface area contributed by atoms with Crippen molar-refractivity contribution < 1.29 is 4.74 Å². The minimum Gasteiger partial charge on any atom is -0.375 e. The van der Waals surface area contributed by atoms with E-state index in [1.807, 2.05) is 0 Å². The van der Waals surface area contributed by atoms with E-state index in [1.165, 1.54) is 5.56 Å². The second-order valence-corrected chi connectivity index (χ2v) is 5.60. The maximum Gasteiger partial charge on any atom is 0.136 e. The molecule has 1 saturated heterocycles. The molecule has 104 valence electrons. The van der Waals surface area contributed by atoms with E-state index < -0.39 is 0 Å². The predicted molar refractivity (Wildman–Crippen MR) is 74.5 cm³/mol. The van der Waals surface area contributed by atoms with E-state index in [0.717, 1.165) is 37.6 Å². The lowest BCUT2D eigenvalue weighted by Crippen LogP contribution is -2.50. The maximum absolute atomic E-state index is 5.56. The molecular weight excluding hydrogens is 240 g/mol. The van der Waals surface area contributed by atoms with E-state index in [9.17, 15) is 0 Å². The quantitative estimate of drug-likeness (QED) is 0.874. The van der Waals surface area contributed by atoms with Crippen molar-refractivity contribution >= 4 is 5.82 Å². The highest BCUT2D eigenvalue weighted by atomic mass is 16.5. The lowest BCUT2D eigenvalue weighted by Gasteiger charge is -2.36. The fraction of sp³-hybridized carbons (Fsp3) is 0.714. The number of aromatic nitrogens is 2. The summed E-state index contributed by atoms with van der Waals surface area (Å²) in [7, 11) is 1.77. The molecule has 19 heavy (non-hydrogen) atoms. The van der Waals surface area contributed by atoms with Crippen molar-refractivity contribution in [1.29, 1.82) is 0 Å². The van der Waals surface area contributed by atoms with Crippen LogP contribution in [0.5, 0.6) is 0 Å². The molecule has 0 aromatic carbocycles. The highest BCUT2D eigenvalue weighted by Gasteiger charge is 2.35. The Hall–Kier alpha value is -1.20. The molecule has 0 amide bonds. The van der Waals surface area contributed by atoms with Gasteiger partial charge in [-0.25, -0.2) is 9.97 Å². The van der Waals surface area contributed by atoms with Crippen LogP contribution < -0.4 is 10.2 Å². The summed E-state index contributed by atoms with van der Waals surface area (Å²) in [4.78, 5) is 11.4. The van der Waals surface area contributed by atoms with E-state index in [-0.39, 0.29) is 6.10 Å². The Morgan fingerprint density at radius 1 is 1.37 bits per heavy atom. The van der Waals surface area contributed by atoms with Gasteiger partial charge in [0.2, 0.25) is 0 Å². The number of anilines is 1. The first-order valence-electron chi connectivity index (χ1n) is 7.07. The van der Waals surface area contributed by atoms with Crippen LogP contribution in [0.4, 0.5) is 5.82 Å². The molecule has 0 unspecified atom stereocenters. The van der Waals surface area contributed by atoms with Gasteiger partial charge >= 0.3 is 0 Å². The predicted octanol–water partition coefficient (Wildman–Crippen LogP) is 1.47. The first-order valence-corrected chi connectivity index (χ1v) is 7.07. The second-order valence-electron chi connectivity index (χ2n) is 5.60. The largest absolute Gasteiger partial charge is 0.375 e. The van der Waals surface area contributed by atoms with Crippen LogP contribution >= 0.6 is 0 Å². The van der Waals surface area contributed by atoms with Crippen LogP contribution in [0.2, 0.25) is 0 Å². The van der Waals surface area contributed by atoms with Crippen molar-refractivity contribution in [2.45, 2.75) is 38.3 Å². The van der Waals surface area contributed by atoms with Crippen molar-refractivity contribution in [3.63, 3.8) is 0 Å². The Balaban J connectivity index is 2.01. The van der Waals surface area contributed by atoms with Gasteiger partial charge in [0.15, 0.2) is 0 Å². The molecule has 0 saturated carbocycles. The van der Waals surface area contributed by atoms with Gasteiger partial charge in [-0.2, -0.15) is 0 Å². The molecular formula is C14H22N4O. The molecule has 1 N–H and O–H groups in total. The fourth-order valence-electron chi connectivity index (χ4n) is 3.27. The van der Waals surface area contributed by atoms with E-state index in [2.05, 4.69) is 34.0 Å². The first-order chi connectivity index (χ1) is 9.22. The van der Waals surface area contributed by atoms with Gasteiger partial charge in [0, 0.05) is 38.3 Å². The van der Waals surface area contributed by atoms with Crippen LogP contribution in [0, 0.1) is 0 Å². The van der Waals surface area contributed by atoms with Crippen molar-refractivity contribution in [2.75, 3.05) is 31.6 Å². The molecule has 1 aliphatic heterocycles. The number of hydrogen-bond donors (Lipinski definition) is 1. The molecule has 1 aliphatic carbocycles. The summed E-state index contributed by atoms with van der Waals surface area (Å²) in [6, 6.07) is 0.474. The van der Waals surface area contributed by atoms with Crippen LogP contribution in [0.3, 0.4) is 0 Å². The number of rotatable bonds is 2. The summed E-state index contributed by atoms with van der Waals surface area (Å²) < 4.78 is 5.56. The number of ether oxygens (including phenoxy) is 1. The van der Waals surface area contributed by atoms with Gasteiger partial charge < -0.3 is 15.0 Å². The summed E-state index contributed by atoms with van der Waals surface area (Å²) in [5.41, 5.74) is 2.38. The minimum absolute atomic E-state index is 0.130. The summed E-state index contributed by atoms with van der Waals surface area (Å²) in [6.07, 6.45) is 2.83. The molecule has 1 aromatic heterocycles. The zero-order chi connectivity index (χ0) is 13.4. The van der Waals surface area contributed by atoms with E-state index in [4.69, 9.17) is 4.74 Å². The van der Waals surface area contributed by atoms with Crippen LogP contribution in [0.15, 0.2) is 6.33 Å². The Labute approximate surface area is 114 Å². The first kappa shape index (κ1) is 12.8. The summed E-state index contributed by atoms with van der Waals surface area (Å²) in [5.74, 6) is 1.59. The van der Waals surface area contributed by atoms with Crippen LogP contribution in [0.25, 0.3) is 0 Å². The molecule has 0 bridgehead atoms. The number of hydrogen-bond acceptors (Lipinski definition) is 5. The lowest BCUT2D eigenvalue weighted by atomic mass is 10.0. The smallest absolute Gasteiger partial charge is 0.136 e. The monoisotopic (exact) mass is 262 g/mol. The molecule has 5 heteroatoms. The molecule has 0 radical (unpaired) electrons. The van der Waals surface area contributed by atoms with E-state index in [1.54, 1.807) is 13.4 Å². The van der Waals surface area contributed by atoms with Gasteiger partial charge in [0.1, 0.15) is 18.2 Å². The standard InChI is InChI=1S/C14H22N4O/c1-9-6-11(19-3)13-12(9)14(17-8-16-13)18-5-4-15-7-10(18)2/h8-11,15H,4-7H2,1-3H3/t9-,10+,11-/m1/s1. The Morgan fingerprint density at radius 3 is 2.95 bits per heavy atom. The van der Waals surface area contributed by atoms with Crippen molar-refractivity contribution in [3.8, 4) is 0 Å². The molecule has 3 atom stereocenters. The van der Waals surface area contributed by atoms with E-state index in [0.29, 0.717) is 12.0 Å². The SMILES string of the molecule is CO[C@@H]1C[C@@H](C)c2c1ncnc2N1CCNC[C@@H]1C. The number of nitrogens with one attached hydrogen (secondary N) is 1. The number of piperazine rings is 1. The molecule has 3 rings (SSSR count). The molecule has 2 heterocycles. The van der Waals surface area contributed by atoms with Crippen LogP contribution in [-0.4, -0.2) is 42.8 Å². The molecule has 1 aromatic rings. The number of methoxy groups -OCH3 is 1. The average Bonchev–Trinajstić information content (AvgIpc) is 2.76. The highest BCUT2D eigenvalue weighted by molar-refractivity contribution is 5.54. The van der Waals surface area contributed by atoms with Gasteiger partial charge in [-0.1, -0.05) is 6.92 Å². The van der Waals surface area contributed by atoms with E-state index >= 15 is 0 Å². The normalized spacial score (nSPS) is 30.5. The summed E-state index contributed by atoms with van der Waals surface area (Å²) in [5, 5.41) is 3.42. The second kappa shape index (κ2) is 5.06. The molecule has 0 spiro atoms. The zero-order valence-electron chi connectivity index (χ0n) is 11.9. The lowest BCUT2D eigenvalue weighted by molar-refractivity contribution is 0.0982. The Bertz CT molecular complexity index is 465. The van der Waals surface area contributed by atoms with Gasteiger partial charge in [-0.3, -0.25) is 0 Å². The molecule has 2 aliphatic rings. The Morgan fingerprint density at radius 2 is 2.21 bits per heavy atom. The summed E-state index contributed by atoms with van der Waals surface area (Å²) in [6.45, 7) is 7.53.